The van der Waals surface area contributed by atoms with Crippen molar-refractivity contribution in [1.82, 2.24) is 0 Å². The van der Waals surface area contributed by atoms with Gasteiger partial charge < -0.3 is 124 Å². The maximum atomic E-state index is 15.2. The van der Waals surface area contributed by atoms with Gasteiger partial charge in [0.2, 0.25) is 6.29 Å². The summed E-state index contributed by atoms with van der Waals surface area (Å²) in [6.45, 7) is 4.63. The average molecular weight is 1120 g/mol. The van der Waals surface area contributed by atoms with E-state index >= 15 is 4.79 Å². The number of aliphatic hydroxyl groups excluding tert-OH is 15. The second-order valence-electron chi connectivity index (χ2n) is 23.2. The first-order valence-corrected chi connectivity index (χ1v) is 26.5. The van der Waals surface area contributed by atoms with Crippen LogP contribution < -0.4 is 0 Å². The van der Waals surface area contributed by atoms with Crippen LogP contribution in [0.2, 0.25) is 0 Å². The van der Waals surface area contributed by atoms with Crippen LogP contribution in [-0.4, -0.2) is 274 Å². The van der Waals surface area contributed by atoms with Crippen LogP contribution in [-0.2, 0) is 57.1 Å². The summed E-state index contributed by atoms with van der Waals surface area (Å²) in [6.07, 6.45) is -37.2. The standard InChI is InChI=1S/C49H78O28/c1-18-11-48-9-5-24-46(2,25(48)6-10-49(18,17-48)76-44-39(37(77-66)30(59)23(15-53)71-44)74-42-35(64)32(61)28(57)21(13-51)69-42)7-4-8-47(24,3)45(65)75-43-38(73-40-33(62)26(55)19(54)16-67-40)36(29(58)22(14-52)70-43)72-41-34(63)31(60)27(56)20(12-50)68-41/h19-44,50-64,66H,1,4-17H2,2-3H3/t19?,20?,21?,22?,23?,24?,25-,26?,27?,28?,29?,30?,31?,32?,33?,34?,35?,36?,37?,38?,39?,40?,41?,42?,43?,44?,46+,47+,48+,49-/m0/s1. The van der Waals surface area contributed by atoms with E-state index < -0.39 is 208 Å². The molecule has 9 fully saturated rings. The van der Waals surface area contributed by atoms with E-state index in [1.54, 1.807) is 6.92 Å². The Bertz CT molecular complexity index is 2040. The van der Waals surface area contributed by atoms with Crippen molar-refractivity contribution in [3.8, 4) is 0 Å². The number of esters is 1. The molecule has 4 saturated carbocycles. The molecule has 5 heterocycles. The summed E-state index contributed by atoms with van der Waals surface area (Å²) in [5, 5.41) is 169. The second-order valence-corrected chi connectivity index (χ2v) is 23.2. The van der Waals surface area contributed by atoms with Crippen LogP contribution in [0.15, 0.2) is 12.2 Å². The summed E-state index contributed by atoms with van der Waals surface area (Å²) in [4.78, 5) is 19.9. The van der Waals surface area contributed by atoms with Gasteiger partial charge in [-0.2, -0.15) is 0 Å². The number of carbonyl (C=O) groups excluding carboxylic acids is 1. The minimum absolute atomic E-state index is 0.0508. The molecule has 25 unspecified atom stereocenters. The molecule has 2 bridgehead atoms. The third kappa shape index (κ3) is 10.4. The Hall–Kier alpha value is -1.83. The minimum atomic E-state index is -2.00. The van der Waals surface area contributed by atoms with Crippen molar-refractivity contribution < 1.29 is 139 Å². The number of ether oxygens (including phenoxy) is 10. The fourth-order valence-electron chi connectivity index (χ4n) is 14.8. The fraction of sp³-hybridized carbons (Fsp3) is 0.939. The van der Waals surface area contributed by atoms with Gasteiger partial charge >= 0.3 is 5.97 Å². The molecule has 0 aromatic carbocycles. The summed E-state index contributed by atoms with van der Waals surface area (Å²) in [5.41, 5.74) is -2.68. The smallest absolute Gasteiger partial charge is 0.314 e. The van der Waals surface area contributed by atoms with Crippen molar-refractivity contribution in [3.05, 3.63) is 12.2 Å². The normalized spacial score (nSPS) is 54.1. The van der Waals surface area contributed by atoms with Gasteiger partial charge in [0.1, 0.15) is 104 Å². The highest BCUT2D eigenvalue weighted by Crippen LogP contribution is 2.74. The molecule has 30 atom stereocenters. The maximum absolute atomic E-state index is 15.2. The Balaban J connectivity index is 0.961. The fourth-order valence-corrected chi connectivity index (χ4v) is 14.8. The molecule has 9 aliphatic rings. The summed E-state index contributed by atoms with van der Waals surface area (Å²) in [5.74, 6) is -1.16. The van der Waals surface area contributed by atoms with E-state index in [1.165, 1.54) is 0 Å². The summed E-state index contributed by atoms with van der Waals surface area (Å²) < 4.78 is 60.1. The molecule has 9 rings (SSSR count). The molecule has 0 aromatic rings. The Morgan fingerprint density at radius 3 is 1.64 bits per heavy atom. The third-order valence-electron chi connectivity index (χ3n) is 18.9. The van der Waals surface area contributed by atoms with E-state index in [1.807, 2.05) is 0 Å². The molecule has 0 amide bonds. The molecule has 5 aliphatic heterocycles. The van der Waals surface area contributed by atoms with Gasteiger partial charge in [-0.05, 0) is 86.5 Å². The van der Waals surface area contributed by atoms with E-state index in [4.69, 9.17) is 52.3 Å². The van der Waals surface area contributed by atoms with Crippen LogP contribution >= 0.6 is 0 Å². The van der Waals surface area contributed by atoms with Crippen molar-refractivity contribution in [2.24, 2.45) is 28.1 Å². The first-order chi connectivity index (χ1) is 36.5. The lowest BCUT2D eigenvalue weighted by Crippen LogP contribution is -2.67. The molecule has 442 valence electrons. The number of hydrogen-bond donors (Lipinski definition) is 16. The lowest BCUT2D eigenvalue weighted by atomic mass is 9.41. The highest BCUT2D eigenvalue weighted by atomic mass is 17.1. The van der Waals surface area contributed by atoms with Crippen LogP contribution in [0.25, 0.3) is 0 Å². The van der Waals surface area contributed by atoms with Crippen LogP contribution in [0.4, 0.5) is 0 Å². The van der Waals surface area contributed by atoms with Crippen molar-refractivity contribution in [1.29, 1.82) is 0 Å². The lowest BCUT2D eigenvalue weighted by molar-refractivity contribution is -0.415. The molecule has 5 saturated heterocycles. The zero-order chi connectivity index (χ0) is 55.8. The average Bonchev–Trinajstić information content (AvgIpc) is 3.92. The minimum Gasteiger partial charge on any atom is -0.432 e. The van der Waals surface area contributed by atoms with Gasteiger partial charge in [0.05, 0.1) is 44.1 Å². The van der Waals surface area contributed by atoms with Crippen molar-refractivity contribution in [3.63, 3.8) is 0 Å². The van der Waals surface area contributed by atoms with E-state index in [9.17, 15) is 81.9 Å². The van der Waals surface area contributed by atoms with E-state index in [0.717, 1.165) is 0 Å². The number of aliphatic hydroxyl groups is 15. The Kier molecular flexibility index (Phi) is 17.9. The SMILES string of the molecule is C=C1C[C@@]23CCC4[C@](C)(C(=O)OC5OC(CO)C(O)C(OC6OC(CO)C(O)C(O)C6O)C5OC5OCC(O)C(O)C5O)CCC[C@@]4(C)[C@@H]2CC[C@]1(OC1OC(CO)C(O)C(OO)C1OC1OC(CO)C(O)C(O)C1O)C3. The van der Waals surface area contributed by atoms with E-state index in [-0.39, 0.29) is 11.8 Å². The predicted octanol–water partition coefficient (Wildman–Crippen LogP) is -6.15. The first-order valence-electron chi connectivity index (χ1n) is 26.5. The number of hydrogen-bond acceptors (Lipinski definition) is 28. The number of fused-ring (bicyclic) bond motifs is 3. The van der Waals surface area contributed by atoms with Gasteiger partial charge in [-0.1, -0.05) is 19.9 Å². The molecule has 1 spiro atoms. The predicted molar refractivity (Wildman–Crippen MR) is 247 cm³/mol. The van der Waals surface area contributed by atoms with Crippen LogP contribution in [0.5, 0.6) is 0 Å². The van der Waals surface area contributed by atoms with Crippen molar-refractivity contribution >= 4 is 5.97 Å². The van der Waals surface area contributed by atoms with Gasteiger partial charge in [0.15, 0.2) is 37.4 Å². The maximum Gasteiger partial charge on any atom is 0.314 e. The Labute approximate surface area is 442 Å². The molecule has 16 N–H and O–H groups in total. The Morgan fingerprint density at radius 1 is 0.558 bits per heavy atom. The highest BCUT2D eigenvalue weighted by Gasteiger charge is 2.70. The molecule has 4 aliphatic carbocycles. The Morgan fingerprint density at radius 2 is 1.05 bits per heavy atom. The highest BCUT2D eigenvalue weighted by molar-refractivity contribution is 5.77. The third-order valence-corrected chi connectivity index (χ3v) is 18.9. The molecular weight excluding hydrogens is 1040 g/mol. The summed E-state index contributed by atoms with van der Waals surface area (Å²) >= 11 is 0. The largest absolute Gasteiger partial charge is 0.432 e. The van der Waals surface area contributed by atoms with Crippen LogP contribution in [0.1, 0.15) is 71.6 Å². The number of carbonyl (C=O) groups is 1. The van der Waals surface area contributed by atoms with Gasteiger partial charge in [-0.3, -0.25) is 10.1 Å². The molecule has 0 aromatic heterocycles. The second kappa shape index (κ2) is 23.1. The zero-order valence-electron chi connectivity index (χ0n) is 42.7. The van der Waals surface area contributed by atoms with E-state index in [2.05, 4.69) is 13.5 Å². The first kappa shape index (κ1) is 59.8. The monoisotopic (exact) mass is 1110 g/mol. The molecule has 77 heavy (non-hydrogen) atoms. The van der Waals surface area contributed by atoms with E-state index in [0.29, 0.717) is 63.4 Å². The topological polar surface area (TPSA) is 442 Å². The van der Waals surface area contributed by atoms with Gasteiger partial charge in [0, 0.05) is 0 Å². The summed E-state index contributed by atoms with van der Waals surface area (Å²) in [7, 11) is 0. The van der Waals surface area contributed by atoms with Gasteiger partial charge in [-0.15, -0.1) is 0 Å². The number of rotatable bonds is 15. The lowest BCUT2D eigenvalue weighted by Gasteiger charge is -2.64. The zero-order valence-corrected chi connectivity index (χ0v) is 42.7. The van der Waals surface area contributed by atoms with Gasteiger partial charge in [-0.25, -0.2) is 4.89 Å². The van der Waals surface area contributed by atoms with Crippen molar-refractivity contribution in [2.75, 3.05) is 33.0 Å². The van der Waals surface area contributed by atoms with Crippen LogP contribution in [0, 0.1) is 28.1 Å². The molecule has 28 heteroatoms. The molecular formula is C49H78O28. The van der Waals surface area contributed by atoms with Crippen molar-refractivity contribution in [2.45, 2.75) is 225 Å². The van der Waals surface area contributed by atoms with Gasteiger partial charge in [0.25, 0.3) is 0 Å². The summed E-state index contributed by atoms with van der Waals surface area (Å²) in [6, 6.07) is 0. The molecule has 28 nitrogen and oxygen atoms in total. The molecule has 0 radical (unpaired) electrons. The van der Waals surface area contributed by atoms with Crippen LogP contribution in [0.3, 0.4) is 0 Å². The quantitative estimate of drug-likeness (QED) is 0.0239.